The third-order valence-electron chi connectivity index (χ3n) is 5.89. The molecule has 174 valence electrons. The third kappa shape index (κ3) is 4.12. The second kappa shape index (κ2) is 8.68. The van der Waals surface area contributed by atoms with Crippen molar-refractivity contribution in [3.05, 3.63) is 101 Å². The first-order valence-electron chi connectivity index (χ1n) is 11.3. The maximum absolute atomic E-state index is 15.3. The molecule has 1 fully saturated rings. The molecule has 3 aromatic heterocycles. The van der Waals surface area contributed by atoms with Crippen molar-refractivity contribution in [2.45, 2.75) is 12.8 Å². The van der Waals surface area contributed by atoms with Gasteiger partial charge in [0.25, 0.3) is 0 Å². The van der Waals surface area contributed by atoms with Crippen molar-refractivity contribution in [1.82, 2.24) is 29.3 Å². The lowest BCUT2D eigenvalue weighted by atomic mass is 10.2. The summed E-state index contributed by atoms with van der Waals surface area (Å²) in [5.41, 5.74) is 1.92. The molecule has 0 radical (unpaired) electrons. The minimum atomic E-state index is -0.509. The minimum absolute atomic E-state index is 0.167. The molecule has 5 aromatic rings. The summed E-state index contributed by atoms with van der Waals surface area (Å²) >= 11 is 0. The summed E-state index contributed by atoms with van der Waals surface area (Å²) in [6.07, 6.45) is 7.03. The van der Waals surface area contributed by atoms with Gasteiger partial charge in [0, 0.05) is 24.4 Å². The van der Waals surface area contributed by atoms with Crippen LogP contribution in [0.25, 0.3) is 28.5 Å². The van der Waals surface area contributed by atoms with E-state index in [1.165, 1.54) is 35.9 Å². The smallest absolute Gasteiger partial charge is 0.216 e. The number of nitrogens with zero attached hydrogens (tertiary/aromatic N) is 6. The maximum atomic E-state index is 15.3. The Hall–Kier alpha value is -4.53. The predicted molar refractivity (Wildman–Crippen MR) is 128 cm³/mol. The molecular formula is C26H21FN6O2. The fourth-order valence-electron chi connectivity index (χ4n) is 3.87. The van der Waals surface area contributed by atoms with Gasteiger partial charge in [-0.1, -0.05) is 18.2 Å². The first-order valence-corrected chi connectivity index (χ1v) is 11.3. The van der Waals surface area contributed by atoms with E-state index in [2.05, 4.69) is 15.3 Å². The van der Waals surface area contributed by atoms with Crippen molar-refractivity contribution in [3.63, 3.8) is 0 Å². The van der Waals surface area contributed by atoms with Gasteiger partial charge in [-0.05, 0) is 49.1 Å². The molecule has 0 atom stereocenters. The second-order valence-corrected chi connectivity index (χ2v) is 8.41. The van der Waals surface area contributed by atoms with E-state index in [1.54, 1.807) is 46.0 Å². The highest BCUT2D eigenvalue weighted by Gasteiger charge is 2.23. The molecule has 0 unspecified atom stereocenters. The van der Waals surface area contributed by atoms with Crippen LogP contribution in [0, 0.1) is 11.7 Å². The SMILES string of the molecule is O=c1ccn(-c2ccc(-n3nccc3OCC3CC3)cc2F)nc1-c1ccnn1-c1ccccc1. The number of ether oxygens (including phenoxy) is 1. The topological polar surface area (TPSA) is 79.8 Å². The molecule has 0 saturated heterocycles. The molecule has 1 saturated carbocycles. The van der Waals surface area contributed by atoms with E-state index in [1.807, 2.05) is 30.3 Å². The van der Waals surface area contributed by atoms with Crippen LogP contribution in [0.2, 0.25) is 0 Å². The van der Waals surface area contributed by atoms with Gasteiger partial charge in [0.05, 0.1) is 36.1 Å². The fourth-order valence-corrected chi connectivity index (χ4v) is 3.87. The van der Waals surface area contributed by atoms with Crippen LogP contribution in [-0.2, 0) is 0 Å². The van der Waals surface area contributed by atoms with Gasteiger partial charge in [-0.25, -0.2) is 18.4 Å². The first-order chi connectivity index (χ1) is 17.2. The standard InChI is InChI=1S/C26H21FN6O2/c27-21-16-20(33-25(11-14-29-33)35-17-18-6-7-18)8-9-22(21)31-15-12-24(34)26(30-31)23-10-13-28-32(23)19-4-2-1-3-5-19/h1-5,8-16,18H,6-7,17H2. The highest BCUT2D eigenvalue weighted by molar-refractivity contribution is 5.57. The highest BCUT2D eigenvalue weighted by Crippen LogP contribution is 2.30. The molecule has 6 rings (SSSR count). The van der Waals surface area contributed by atoms with E-state index in [0.29, 0.717) is 29.8 Å². The van der Waals surface area contributed by atoms with Gasteiger partial charge < -0.3 is 4.74 Å². The summed E-state index contributed by atoms with van der Waals surface area (Å²) in [6, 6.07) is 19.0. The Balaban J connectivity index is 1.34. The Morgan fingerprint density at radius 3 is 2.51 bits per heavy atom. The lowest BCUT2D eigenvalue weighted by Crippen LogP contribution is -2.15. The van der Waals surface area contributed by atoms with Crippen LogP contribution in [-0.4, -0.2) is 35.9 Å². The van der Waals surface area contributed by atoms with Crippen molar-refractivity contribution in [2.24, 2.45) is 5.92 Å². The molecule has 3 heterocycles. The number of aromatic nitrogens is 6. The number of rotatable bonds is 7. The van der Waals surface area contributed by atoms with Gasteiger partial charge >= 0.3 is 0 Å². The van der Waals surface area contributed by atoms with Crippen molar-refractivity contribution >= 4 is 0 Å². The van der Waals surface area contributed by atoms with Crippen LogP contribution in [0.15, 0.2) is 90.1 Å². The number of halogens is 1. The Kier molecular flexibility index (Phi) is 5.21. The number of hydrogen-bond donors (Lipinski definition) is 0. The summed E-state index contributed by atoms with van der Waals surface area (Å²) < 4.78 is 25.7. The molecule has 2 aromatic carbocycles. The van der Waals surface area contributed by atoms with Crippen molar-refractivity contribution in [1.29, 1.82) is 0 Å². The maximum Gasteiger partial charge on any atom is 0.216 e. The zero-order chi connectivity index (χ0) is 23.8. The van der Waals surface area contributed by atoms with E-state index in [0.717, 1.165) is 5.69 Å². The molecule has 0 spiro atoms. The van der Waals surface area contributed by atoms with Gasteiger partial charge in [-0.2, -0.15) is 15.3 Å². The summed E-state index contributed by atoms with van der Waals surface area (Å²) in [6.45, 7) is 0.635. The Labute approximate surface area is 199 Å². The van der Waals surface area contributed by atoms with Crippen LogP contribution < -0.4 is 10.2 Å². The predicted octanol–water partition coefficient (Wildman–Crippen LogP) is 4.20. The second-order valence-electron chi connectivity index (χ2n) is 8.41. The average Bonchev–Trinajstić information content (AvgIpc) is 3.37. The number of benzene rings is 2. The molecule has 0 amide bonds. The molecule has 1 aliphatic carbocycles. The summed E-state index contributed by atoms with van der Waals surface area (Å²) in [7, 11) is 0. The van der Waals surface area contributed by atoms with E-state index < -0.39 is 5.82 Å². The first kappa shape index (κ1) is 21.0. The average molecular weight is 468 g/mol. The van der Waals surface area contributed by atoms with Gasteiger partial charge in [0.1, 0.15) is 5.69 Å². The third-order valence-corrected chi connectivity index (χ3v) is 5.89. The number of hydrogen-bond acceptors (Lipinski definition) is 5. The lowest BCUT2D eigenvalue weighted by Gasteiger charge is -2.12. The fraction of sp³-hybridized carbons (Fsp3) is 0.154. The zero-order valence-electron chi connectivity index (χ0n) is 18.7. The molecule has 35 heavy (non-hydrogen) atoms. The van der Waals surface area contributed by atoms with Gasteiger partial charge in [-0.15, -0.1) is 0 Å². The molecular weight excluding hydrogens is 447 g/mol. The van der Waals surface area contributed by atoms with Crippen LogP contribution >= 0.6 is 0 Å². The molecule has 8 nitrogen and oxygen atoms in total. The molecule has 0 aliphatic heterocycles. The van der Waals surface area contributed by atoms with Crippen LogP contribution in [0.3, 0.4) is 0 Å². The summed E-state index contributed by atoms with van der Waals surface area (Å²) in [4.78, 5) is 12.7. The van der Waals surface area contributed by atoms with Crippen LogP contribution in [0.1, 0.15) is 12.8 Å². The zero-order valence-corrected chi connectivity index (χ0v) is 18.7. The molecule has 1 aliphatic rings. The highest BCUT2D eigenvalue weighted by atomic mass is 19.1. The van der Waals surface area contributed by atoms with Gasteiger partial charge in [0.2, 0.25) is 11.3 Å². The van der Waals surface area contributed by atoms with Crippen LogP contribution in [0.4, 0.5) is 4.39 Å². The van der Waals surface area contributed by atoms with E-state index in [-0.39, 0.29) is 16.8 Å². The summed E-state index contributed by atoms with van der Waals surface area (Å²) in [5.74, 6) is 0.656. The normalized spacial score (nSPS) is 13.2. The van der Waals surface area contributed by atoms with Gasteiger partial charge in [0.15, 0.2) is 11.5 Å². The van der Waals surface area contributed by atoms with Crippen molar-refractivity contribution in [2.75, 3.05) is 6.61 Å². The number of para-hydroxylation sites is 1. The van der Waals surface area contributed by atoms with E-state index in [4.69, 9.17) is 4.74 Å². The van der Waals surface area contributed by atoms with Crippen molar-refractivity contribution in [3.8, 4) is 34.3 Å². The van der Waals surface area contributed by atoms with Crippen LogP contribution in [0.5, 0.6) is 5.88 Å². The van der Waals surface area contributed by atoms with Crippen molar-refractivity contribution < 1.29 is 9.13 Å². The lowest BCUT2D eigenvalue weighted by molar-refractivity contribution is 0.280. The Morgan fingerprint density at radius 1 is 0.914 bits per heavy atom. The monoisotopic (exact) mass is 468 g/mol. The minimum Gasteiger partial charge on any atom is -0.477 e. The Bertz CT molecular complexity index is 1550. The molecule has 0 bridgehead atoms. The summed E-state index contributed by atoms with van der Waals surface area (Å²) in [5, 5.41) is 13.1. The van der Waals surface area contributed by atoms with E-state index in [9.17, 15) is 4.79 Å². The molecule has 9 heteroatoms. The largest absolute Gasteiger partial charge is 0.477 e. The molecule has 0 N–H and O–H groups in total. The Morgan fingerprint density at radius 2 is 1.71 bits per heavy atom. The van der Waals surface area contributed by atoms with Gasteiger partial charge in [-0.3, -0.25) is 4.79 Å². The van der Waals surface area contributed by atoms with E-state index >= 15 is 4.39 Å². The quantitative estimate of drug-likeness (QED) is 0.358.